The van der Waals surface area contributed by atoms with Crippen LogP contribution >= 0.6 is 0 Å². The van der Waals surface area contributed by atoms with Crippen LogP contribution in [-0.4, -0.2) is 23.5 Å². The highest BCUT2D eigenvalue weighted by molar-refractivity contribution is 6.13. The summed E-state index contributed by atoms with van der Waals surface area (Å²) in [5.41, 5.74) is 15.9. The molecule has 8 aromatic carbocycles. The molecule has 59 heavy (non-hydrogen) atoms. The quantitative estimate of drug-likeness (QED) is 0.170. The van der Waals surface area contributed by atoms with Crippen LogP contribution in [0, 0.1) is 0 Å². The molecule has 0 bridgehead atoms. The zero-order valence-electron chi connectivity index (χ0n) is 31.9. The van der Waals surface area contributed by atoms with Crippen LogP contribution < -0.4 is 0 Å². The average Bonchev–Trinajstić information content (AvgIpc) is 3.97. The van der Waals surface area contributed by atoms with E-state index in [4.69, 9.17) is 4.98 Å². The molecule has 4 aromatic heterocycles. The number of imidazole rings is 1. The summed E-state index contributed by atoms with van der Waals surface area (Å²) in [5, 5.41) is 4.93. The van der Waals surface area contributed by atoms with Gasteiger partial charge < -0.3 is 9.13 Å². The Morgan fingerprint density at radius 1 is 0.339 bits per heavy atom. The van der Waals surface area contributed by atoms with Crippen molar-refractivity contribution in [3.05, 3.63) is 213 Å². The Balaban J connectivity index is 0.999. The van der Waals surface area contributed by atoms with Crippen LogP contribution in [0.25, 0.3) is 106 Å². The Kier molecular flexibility index (Phi) is 7.47. The molecule has 0 saturated heterocycles. The monoisotopic (exact) mass is 753 g/mol. The van der Waals surface area contributed by atoms with Crippen molar-refractivity contribution in [2.45, 2.75) is 0 Å². The highest BCUT2D eigenvalue weighted by Crippen LogP contribution is 2.40. The maximum Gasteiger partial charge on any atom is 0.234 e. The van der Waals surface area contributed by atoms with Crippen LogP contribution in [-0.2, 0) is 0 Å². The molecule has 5 heteroatoms. The van der Waals surface area contributed by atoms with E-state index in [0.29, 0.717) is 5.78 Å². The molecule has 0 unspecified atom stereocenters. The highest BCUT2D eigenvalue weighted by Gasteiger charge is 2.19. The Hall–Kier alpha value is -8.02. The Labute approximate surface area is 340 Å². The molecule has 0 radical (unpaired) electrons. The zero-order chi connectivity index (χ0) is 38.9. The van der Waals surface area contributed by atoms with Crippen LogP contribution in [0.1, 0.15) is 0 Å². The van der Waals surface area contributed by atoms with Crippen molar-refractivity contribution in [1.29, 1.82) is 0 Å². The fraction of sp³-hybridized carbons (Fsp3) is 0. The molecule has 0 aliphatic rings. The van der Waals surface area contributed by atoms with Crippen molar-refractivity contribution in [3.63, 3.8) is 0 Å². The van der Waals surface area contributed by atoms with Crippen LogP contribution in [0.2, 0.25) is 0 Å². The van der Waals surface area contributed by atoms with E-state index in [1.54, 1.807) is 6.20 Å². The largest absolute Gasteiger partial charge is 0.309 e. The number of rotatable bonds is 6. The minimum atomic E-state index is 0.684. The predicted molar refractivity (Wildman–Crippen MR) is 243 cm³/mol. The van der Waals surface area contributed by atoms with E-state index < -0.39 is 0 Å². The van der Waals surface area contributed by atoms with Crippen LogP contribution in [0.4, 0.5) is 0 Å². The van der Waals surface area contributed by atoms with Crippen LogP contribution in [0.3, 0.4) is 0 Å². The summed E-state index contributed by atoms with van der Waals surface area (Å²) in [6.07, 6.45) is 3.83. The molecule has 0 spiro atoms. The van der Waals surface area contributed by atoms with Crippen molar-refractivity contribution in [2.75, 3.05) is 0 Å². The molecule has 0 aliphatic heterocycles. The van der Waals surface area contributed by atoms with Gasteiger partial charge >= 0.3 is 0 Å². The van der Waals surface area contributed by atoms with Gasteiger partial charge in [-0.1, -0.05) is 127 Å². The smallest absolute Gasteiger partial charge is 0.234 e. The van der Waals surface area contributed by atoms with Gasteiger partial charge in [0.05, 0.1) is 33.5 Å². The molecule has 276 valence electrons. The first-order chi connectivity index (χ1) is 29.3. The van der Waals surface area contributed by atoms with Crippen molar-refractivity contribution in [2.24, 2.45) is 0 Å². The molecular weight excluding hydrogens is 719 g/mol. The summed E-state index contributed by atoms with van der Waals surface area (Å²) in [6.45, 7) is 0. The van der Waals surface area contributed by atoms with Gasteiger partial charge in [-0.2, -0.15) is 0 Å². The lowest BCUT2D eigenvalue weighted by molar-refractivity contribution is 1.11. The van der Waals surface area contributed by atoms with E-state index in [1.165, 1.54) is 60.3 Å². The van der Waals surface area contributed by atoms with Gasteiger partial charge in [0.1, 0.15) is 0 Å². The highest BCUT2D eigenvalue weighted by atomic mass is 15.1. The van der Waals surface area contributed by atoms with E-state index in [2.05, 4.69) is 207 Å². The van der Waals surface area contributed by atoms with Gasteiger partial charge in [-0.3, -0.25) is 4.40 Å². The second-order valence-electron chi connectivity index (χ2n) is 15.1. The van der Waals surface area contributed by atoms with Gasteiger partial charge in [0.25, 0.3) is 0 Å². The average molecular weight is 754 g/mol. The molecule has 12 rings (SSSR count). The summed E-state index contributed by atoms with van der Waals surface area (Å²) in [5.74, 6) is 0.684. The van der Waals surface area contributed by atoms with Gasteiger partial charge in [0.15, 0.2) is 0 Å². The number of fused-ring (bicyclic) bond motifs is 7. The van der Waals surface area contributed by atoms with Crippen molar-refractivity contribution >= 4 is 49.4 Å². The summed E-state index contributed by atoms with van der Waals surface area (Å²) in [4.78, 5) is 9.52. The normalized spacial score (nSPS) is 11.7. The van der Waals surface area contributed by atoms with Gasteiger partial charge in [-0.25, -0.2) is 9.97 Å². The molecular formula is C54H35N5. The summed E-state index contributed by atoms with van der Waals surface area (Å²) < 4.78 is 6.84. The second kappa shape index (κ2) is 13.3. The summed E-state index contributed by atoms with van der Waals surface area (Å²) in [7, 11) is 0. The first-order valence-corrected chi connectivity index (χ1v) is 20.0. The molecule has 5 nitrogen and oxygen atoms in total. The van der Waals surface area contributed by atoms with E-state index in [-0.39, 0.29) is 0 Å². The predicted octanol–water partition coefficient (Wildman–Crippen LogP) is 13.6. The number of benzene rings is 8. The molecule has 0 saturated carbocycles. The molecule has 12 aromatic rings. The SMILES string of the molecule is c1ccc(-c2nc3ncccn3c2-c2ccc(-c3ccc4c(c3)c3cc(-c5ccc6c(c5)c5ccccc5n6-c5ccccc5)ccc3n4-c3ccccc3)cc2)cc1. The minimum Gasteiger partial charge on any atom is -0.309 e. The second-order valence-corrected chi connectivity index (χ2v) is 15.1. The van der Waals surface area contributed by atoms with Gasteiger partial charge in [-0.05, 0) is 95.1 Å². The molecule has 0 aliphatic carbocycles. The van der Waals surface area contributed by atoms with Crippen LogP contribution in [0.5, 0.6) is 0 Å². The van der Waals surface area contributed by atoms with Gasteiger partial charge in [-0.15, -0.1) is 0 Å². The third-order valence-corrected chi connectivity index (χ3v) is 11.7. The Bertz CT molecular complexity index is 3520. The number of hydrogen-bond donors (Lipinski definition) is 0. The maximum absolute atomic E-state index is 4.95. The van der Waals surface area contributed by atoms with E-state index in [9.17, 15) is 0 Å². The van der Waals surface area contributed by atoms with E-state index in [0.717, 1.165) is 39.5 Å². The summed E-state index contributed by atoms with van der Waals surface area (Å²) >= 11 is 0. The Morgan fingerprint density at radius 2 is 0.797 bits per heavy atom. The molecule has 0 atom stereocenters. The molecule has 0 N–H and O–H groups in total. The van der Waals surface area contributed by atoms with Gasteiger partial charge in [0, 0.05) is 56.4 Å². The van der Waals surface area contributed by atoms with E-state index >= 15 is 0 Å². The molecule has 0 amide bonds. The Morgan fingerprint density at radius 3 is 1.39 bits per heavy atom. The van der Waals surface area contributed by atoms with Crippen molar-refractivity contribution < 1.29 is 0 Å². The first kappa shape index (κ1) is 33.2. The molecule has 0 fully saturated rings. The third kappa shape index (κ3) is 5.33. The number of hydrogen-bond acceptors (Lipinski definition) is 2. The lowest BCUT2D eigenvalue weighted by Crippen LogP contribution is -1.93. The first-order valence-electron chi connectivity index (χ1n) is 20.0. The van der Waals surface area contributed by atoms with Crippen LogP contribution in [0.15, 0.2) is 213 Å². The third-order valence-electron chi connectivity index (χ3n) is 11.7. The summed E-state index contributed by atoms with van der Waals surface area (Å²) in [6, 6.07) is 72.0. The van der Waals surface area contributed by atoms with Crippen molar-refractivity contribution in [1.82, 2.24) is 23.5 Å². The lowest BCUT2D eigenvalue weighted by atomic mass is 9.98. The standard InChI is InChI=1S/C54H35N5/c1-4-13-37(14-5-1)52-53(57-32-12-31-55-54(57)56-52)38-23-21-36(22-24-38)39-25-28-50-46(33-39)47-35-41(27-30-51(47)59(50)43-17-8-3-9-18-43)40-26-29-49-45(34-40)44-19-10-11-20-48(44)58(49)42-15-6-2-7-16-42/h1-35H. The van der Waals surface area contributed by atoms with Gasteiger partial charge in [0.2, 0.25) is 5.78 Å². The van der Waals surface area contributed by atoms with Crippen molar-refractivity contribution in [3.8, 4) is 56.1 Å². The molecule has 4 heterocycles. The fourth-order valence-corrected chi connectivity index (χ4v) is 9.03. The lowest BCUT2D eigenvalue weighted by Gasteiger charge is -2.09. The number of aromatic nitrogens is 5. The fourth-order valence-electron chi connectivity index (χ4n) is 9.03. The maximum atomic E-state index is 4.95. The number of nitrogens with zero attached hydrogens (tertiary/aromatic N) is 5. The number of para-hydroxylation sites is 3. The zero-order valence-corrected chi connectivity index (χ0v) is 31.9. The van der Waals surface area contributed by atoms with E-state index in [1.807, 2.05) is 18.3 Å². The minimum absolute atomic E-state index is 0.684. The topological polar surface area (TPSA) is 40.1 Å².